The zero-order chi connectivity index (χ0) is 11.7. The van der Waals surface area contributed by atoms with E-state index in [0.29, 0.717) is 5.56 Å². The molecule has 0 fully saturated rings. The number of hydrogen-bond acceptors (Lipinski definition) is 3. The number of anilines is 1. The van der Waals surface area contributed by atoms with Gasteiger partial charge in [-0.05, 0) is 24.3 Å². The van der Waals surface area contributed by atoms with Crippen LogP contribution in [0.15, 0.2) is 24.3 Å². The van der Waals surface area contributed by atoms with Gasteiger partial charge in [0.25, 0.3) is 0 Å². The first-order valence-corrected chi connectivity index (χ1v) is 4.42. The minimum absolute atomic E-state index is 0.0109. The highest BCUT2D eigenvalue weighted by atomic mass is 19.1. The molecule has 0 unspecified atom stereocenters. The minimum atomic E-state index is -1.16. The Kier molecular flexibility index (Phi) is 2.32. The van der Waals surface area contributed by atoms with Crippen molar-refractivity contribution in [2.45, 2.75) is 0 Å². The molecule has 0 spiro atoms. The Morgan fingerprint density at radius 1 is 1.38 bits per heavy atom. The Morgan fingerprint density at radius 2 is 2.00 bits per heavy atom. The van der Waals surface area contributed by atoms with Gasteiger partial charge in [-0.15, -0.1) is 0 Å². The predicted molar refractivity (Wildman–Crippen MR) is 55.4 cm³/mol. The quantitative estimate of drug-likeness (QED) is 0.716. The fraction of sp³-hybridized carbons (Fsp3) is 0. The number of nitrogens with zero attached hydrogens (tertiary/aromatic N) is 1. The summed E-state index contributed by atoms with van der Waals surface area (Å²) in [4.78, 5) is 17.2. The molecule has 0 amide bonds. The summed E-state index contributed by atoms with van der Waals surface area (Å²) in [7, 11) is 0. The lowest BCUT2D eigenvalue weighted by atomic mass is 10.1. The number of nitrogen functional groups attached to an aromatic ring is 1. The number of aromatic amines is 1. The van der Waals surface area contributed by atoms with Crippen molar-refractivity contribution in [3.8, 4) is 11.3 Å². The third-order valence-electron chi connectivity index (χ3n) is 2.05. The summed E-state index contributed by atoms with van der Waals surface area (Å²) in [6.07, 6.45) is 0. The van der Waals surface area contributed by atoms with Crippen molar-refractivity contribution in [3.63, 3.8) is 0 Å². The van der Waals surface area contributed by atoms with E-state index in [-0.39, 0.29) is 17.3 Å². The van der Waals surface area contributed by atoms with Gasteiger partial charge in [0, 0.05) is 5.56 Å². The maximum Gasteiger partial charge on any atom is 0.354 e. The SMILES string of the molecule is Nc1nc(-c2ccc(F)cc2)c(C(=O)O)[nH]1. The van der Waals surface area contributed by atoms with Gasteiger partial charge in [0.15, 0.2) is 11.6 Å². The number of carbonyl (C=O) groups is 1. The standard InChI is InChI=1S/C10H8FN3O2/c11-6-3-1-5(2-4-6)7-8(9(15)16)14-10(12)13-7/h1-4H,(H,15,16)(H3,12,13,14). The molecule has 5 nitrogen and oxygen atoms in total. The highest BCUT2D eigenvalue weighted by Gasteiger charge is 2.16. The number of hydrogen-bond donors (Lipinski definition) is 3. The lowest BCUT2D eigenvalue weighted by molar-refractivity contribution is 0.0692. The lowest BCUT2D eigenvalue weighted by Gasteiger charge is -1.98. The molecule has 2 rings (SSSR count). The molecule has 4 N–H and O–H groups in total. The first-order valence-electron chi connectivity index (χ1n) is 4.42. The van der Waals surface area contributed by atoms with Crippen LogP contribution in [0.25, 0.3) is 11.3 Å². The summed E-state index contributed by atoms with van der Waals surface area (Å²) in [6.45, 7) is 0. The number of imidazole rings is 1. The number of nitrogens with one attached hydrogen (secondary N) is 1. The summed E-state index contributed by atoms with van der Waals surface area (Å²) in [5.74, 6) is -1.55. The molecule has 0 aliphatic carbocycles. The first-order chi connectivity index (χ1) is 7.58. The molecule has 16 heavy (non-hydrogen) atoms. The van der Waals surface area contributed by atoms with Gasteiger partial charge in [0.2, 0.25) is 0 Å². The van der Waals surface area contributed by atoms with Gasteiger partial charge in [-0.25, -0.2) is 14.2 Å². The number of aromatic carboxylic acids is 1. The third-order valence-corrected chi connectivity index (χ3v) is 2.05. The number of benzene rings is 1. The van der Waals surface area contributed by atoms with Crippen molar-refractivity contribution in [1.82, 2.24) is 9.97 Å². The second kappa shape index (κ2) is 3.65. The summed E-state index contributed by atoms with van der Waals surface area (Å²) in [6, 6.07) is 5.34. The maximum atomic E-state index is 12.7. The van der Waals surface area contributed by atoms with E-state index in [1.165, 1.54) is 24.3 Å². The topological polar surface area (TPSA) is 92.0 Å². The molecule has 1 aromatic carbocycles. The maximum absolute atomic E-state index is 12.7. The second-order valence-electron chi connectivity index (χ2n) is 3.16. The summed E-state index contributed by atoms with van der Waals surface area (Å²) in [5, 5.41) is 8.89. The number of H-pyrrole nitrogens is 1. The number of carboxylic acids is 1. The van der Waals surface area contributed by atoms with Crippen LogP contribution in [0.4, 0.5) is 10.3 Å². The number of nitrogens with two attached hydrogens (primary N) is 1. The van der Waals surface area contributed by atoms with E-state index in [0.717, 1.165) is 0 Å². The zero-order valence-corrected chi connectivity index (χ0v) is 8.07. The van der Waals surface area contributed by atoms with Gasteiger partial charge in [-0.2, -0.15) is 0 Å². The van der Waals surface area contributed by atoms with Gasteiger partial charge in [0.1, 0.15) is 11.5 Å². The van der Waals surface area contributed by atoms with Crippen molar-refractivity contribution in [2.24, 2.45) is 0 Å². The number of rotatable bonds is 2. The highest BCUT2D eigenvalue weighted by molar-refractivity contribution is 5.93. The van der Waals surface area contributed by atoms with Crippen LogP contribution in [-0.4, -0.2) is 21.0 Å². The number of carboxylic acid groups (broad SMARTS) is 1. The predicted octanol–water partition coefficient (Wildman–Crippen LogP) is 1.50. The van der Waals surface area contributed by atoms with E-state index in [4.69, 9.17) is 10.8 Å². The average molecular weight is 221 g/mol. The fourth-order valence-corrected chi connectivity index (χ4v) is 1.36. The molecule has 0 aliphatic heterocycles. The van der Waals surface area contributed by atoms with Crippen LogP contribution in [0.5, 0.6) is 0 Å². The van der Waals surface area contributed by atoms with E-state index in [1.54, 1.807) is 0 Å². The zero-order valence-electron chi connectivity index (χ0n) is 8.07. The van der Waals surface area contributed by atoms with Crippen molar-refractivity contribution in [1.29, 1.82) is 0 Å². The lowest BCUT2D eigenvalue weighted by Crippen LogP contribution is -1.99. The third kappa shape index (κ3) is 1.72. The smallest absolute Gasteiger partial charge is 0.354 e. The van der Waals surface area contributed by atoms with Crippen LogP contribution in [0.2, 0.25) is 0 Å². The summed E-state index contributed by atoms with van der Waals surface area (Å²) in [5.41, 5.74) is 5.96. The Hall–Kier alpha value is -2.37. The average Bonchev–Trinajstić information content (AvgIpc) is 2.61. The molecule has 0 saturated heterocycles. The van der Waals surface area contributed by atoms with Crippen molar-refractivity contribution >= 4 is 11.9 Å². The van der Waals surface area contributed by atoms with E-state index in [1.807, 2.05) is 0 Å². The van der Waals surface area contributed by atoms with Crippen molar-refractivity contribution in [2.75, 3.05) is 5.73 Å². The van der Waals surface area contributed by atoms with Crippen molar-refractivity contribution < 1.29 is 14.3 Å². The summed E-state index contributed by atoms with van der Waals surface area (Å²) >= 11 is 0. The van der Waals surface area contributed by atoms with Crippen LogP contribution in [0, 0.1) is 5.82 Å². The Morgan fingerprint density at radius 3 is 2.56 bits per heavy atom. The molecule has 0 aliphatic rings. The van der Waals surface area contributed by atoms with Crippen LogP contribution < -0.4 is 5.73 Å². The normalized spacial score (nSPS) is 10.3. The van der Waals surface area contributed by atoms with Gasteiger partial charge >= 0.3 is 5.97 Å². The molecule has 82 valence electrons. The Balaban J connectivity index is 2.55. The largest absolute Gasteiger partial charge is 0.477 e. The van der Waals surface area contributed by atoms with Gasteiger partial charge in [0.05, 0.1) is 0 Å². The van der Waals surface area contributed by atoms with Crippen LogP contribution >= 0.6 is 0 Å². The molecular weight excluding hydrogens is 213 g/mol. The molecule has 2 aromatic rings. The highest BCUT2D eigenvalue weighted by Crippen LogP contribution is 2.22. The van der Waals surface area contributed by atoms with Gasteiger partial charge < -0.3 is 15.8 Å². The number of halogens is 1. The monoisotopic (exact) mass is 221 g/mol. The van der Waals surface area contributed by atoms with E-state index >= 15 is 0 Å². The summed E-state index contributed by atoms with van der Waals surface area (Å²) < 4.78 is 12.7. The fourth-order valence-electron chi connectivity index (χ4n) is 1.36. The second-order valence-corrected chi connectivity index (χ2v) is 3.16. The number of aromatic nitrogens is 2. The molecular formula is C10H8FN3O2. The van der Waals surface area contributed by atoms with Gasteiger partial charge in [-0.3, -0.25) is 0 Å². The molecule has 1 aromatic heterocycles. The molecule has 0 saturated carbocycles. The molecule has 6 heteroatoms. The first kappa shape index (κ1) is 10.2. The van der Waals surface area contributed by atoms with E-state index in [2.05, 4.69) is 9.97 Å². The van der Waals surface area contributed by atoms with Crippen LogP contribution in [0.1, 0.15) is 10.5 Å². The molecule has 0 atom stereocenters. The molecule has 0 radical (unpaired) electrons. The van der Waals surface area contributed by atoms with Gasteiger partial charge in [-0.1, -0.05) is 0 Å². The van der Waals surface area contributed by atoms with E-state index in [9.17, 15) is 9.18 Å². The minimum Gasteiger partial charge on any atom is -0.477 e. The Bertz CT molecular complexity index is 533. The Labute approximate surface area is 89.7 Å². The van der Waals surface area contributed by atoms with Crippen LogP contribution in [0.3, 0.4) is 0 Å². The van der Waals surface area contributed by atoms with Crippen LogP contribution in [-0.2, 0) is 0 Å². The molecule has 1 heterocycles. The van der Waals surface area contributed by atoms with E-state index < -0.39 is 11.8 Å². The molecule has 0 bridgehead atoms. The van der Waals surface area contributed by atoms with Crippen molar-refractivity contribution in [3.05, 3.63) is 35.8 Å².